The number of hydrogen-bond donors (Lipinski definition) is 0. The number of rotatable bonds is 3. The van der Waals surface area contributed by atoms with Crippen molar-refractivity contribution in [3.63, 3.8) is 0 Å². The van der Waals surface area contributed by atoms with Crippen molar-refractivity contribution in [2.45, 2.75) is 32.4 Å². The van der Waals surface area contributed by atoms with Gasteiger partial charge >= 0.3 is 0 Å². The molecule has 5 nitrogen and oxygen atoms in total. The number of ketones is 1. The normalized spacial score (nSPS) is 28.5. The highest BCUT2D eigenvalue weighted by Crippen LogP contribution is 2.36. The Morgan fingerprint density at radius 3 is 2.16 bits per heavy atom. The minimum absolute atomic E-state index is 0.0593. The lowest BCUT2D eigenvalue weighted by molar-refractivity contribution is -0.119. The fourth-order valence-electron chi connectivity index (χ4n) is 2.65. The van der Waals surface area contributed by atoms with Crippen LogP contribution in [0, 0.1) is 0 Å². The van der Waals surface area contributed by atoms with Crippen LogP contribution in [-0.4, -0.2) is 39.7 Å². The summed E-state index contributed by atoms with van der Waals surface area (Å²) in [4.78, 5) is 36.2. The van der Waals surface area contributed by atoms with Crippen molar-refractivity contribution in [1.29, 1.82) is 0 Å². The summed E-state index contributed by atoms with van der Waals surface area (Å²) in [6.45, 7) is 3.63. The number of hydrazine groups is 1. The number of carbonyl (C=O) groups excluding carboxylic acids is 3. The summed E-state index contributed by atoms with van der Waals surface area (Å²) in [7, 11) is 0. The van der Waals surface area contributed by atoms with Gasteiger partial charge in [0.2, 0.25) is 0 Å². The largest absolute Gasteiger partial charge is 0.298 e. The van der Waals surface area contributed by atoms with Gasteiger partial charge in [0.25, 0.3) is 11.8 Å². The van der Waals surface area contributed by atoms with Crippen molar-refractivity contribution in [3.8, 4) is 0 Å². The van der Waals surface area contributed by atoms with Crippen LogP contribution in [0.4, 0.5) is 0 Å². The molecule has 2 aliphatic rings. The van der Waals surface area contributed by atoms with E-state index in [-0.39, 0.29) is 29.7 Å². The van der Waals surface area contributed by atoms with Crippen LogP contribution >= 0.6 is 0 Å². The van der Waals surface area contributed by atoms with Crippen molar-refractivity contribution in [1.82, 2.24) is 10.0 Å². The third-order valence-corrected chi connectivity index (χ3v) is 3.75. The molecular formula is C14H14N2O3. The Morgan fingerprint density at radius 1 is 1.16 bits per heavy atom. The van der Waals surface area contributed by atoms with Gasteiger partial charge in [-0.2, -0.15) is 5.01 Å². The maximum absolute atomic E-state index is 12.2. The molecule has 19 heavy (non-hydrogen) atoms. The molecule has 1 saturated heterocycles. The van der Waals surface area contributed by atoms with Crippen LogP contribution in [0.25, 0.3) is 0 Å². The van der Waals surface area contributed by atoms with E-state index >= 15 is 0 Å². The van der Waals surface area contributed by atoms with Crippen LogP contribution in [0.3, 0.4) is 0 Å². The second kappa shape index (κ2) is 3.99. The summed E-state index contributed by atoms with van der Waals surface area (Å²) in [6.07, 6.45) is 0.411. The molecule has 0 bridgehead atoms. The first kappa shape index (κ1) is 12.0. The molecule has 0 aromatic heterocycles. The first-order valence-corrected chi connectivity index (χ1v) is 6.36. The molecule has 1 aromatic rings. The highest BCUT2D eigenvalue weighted by molar-refractivity contribution is 6.21. The average Bonchev–Trinajstić information content (AvgIpc) is 3.01. The molecule has 0 N–H and O–H groups in total. The SMILES string of the molecule is CCC(=O)[C@@H]1[C@@H](C)N1N1C(=O)c2ccccc2C1=O. The number of amides is 2. The first-order valence-electron chi connectivity index (χ1n) is 6.36. The zero-order chi connectivity index (χ0) is 13.7. The van der Waals surface area contributed by atoms with E-state index in [1.54, 1.807) is 36.2 Å². The molecule has 1 unspecified atom stereocenters. The summed E-state index contributed by atoms with van der Waals surface area (Å²) in [5.74, 6) is -0.609. The minimum atomic E-state index is -0.341. The monoisotopic (exact) mass is 258 g/mol. The predicted octanol–water partition coefficient (Wildman–Crippen LogP) is 1.25. The highest BCUT2D eigenvalue weighted by Gasteiger charge is 2.57. The van der Waals surface area contributed by atoms with Gasteiger partial charge in [-0.05, 0) is 19.1 Å². The van der Waals surface area contributed by atoms with Crippen molar-refractivity contribution in [2.75, 3.05) is 0 Å². The highest BCUT2D eigenvalue weighted by atomic mass is 16.2. The molecule has 0 spiro atoms. The van der Waals surface area contributed by atoms with E-state index in [1.165, 1.54) is 0 Å². The Balaban J connectivity index is 1.92. The second-order valence-corrected chi connectivity index (χ2v) is 4.85. The molecule has 0 saturated carbocycles. The molecule has 5 heteroatoms. The molecule has 0 aliphatic carbocycles. The first-order chi connectivity index (χ1) is 9.07. The van der Waals surface area contributed by atoms with Gasteiger partial charge in [-0.1, -0.05) is 19.1 Å². The van der Waals surface area contributed by atoms with Gasteiger partial charge in [0.15, 0.2) is 5.78 Å². The van der Waals surface area contributed by atoms with E-state index in [1.807, 2.05) is 6.92 Å². The van der Waals surface area contributed by atoms with Crippen LogP contribution in [0.15, 0.2) is 24.3 Å². The maximum Gasteiger partial charge on any atom is 0.276 e. The van der Waals surface area contributed by atoms with Gasteiger partial charge in [0.05, 0.1) is 17.2 Å². The van der Waals surface area contributed by atoms with E-state index < -0.39 is 0 Å². The summed E-state index contributed by atoms with van der Waals surface area (Å²) in [6, 6.07) is 6.31. The fraction of sp³-hybridized carbons (Fsp3) is 0.357. The van der Waals surface area contributed by atoms with E-state index in [0.717, 1.165) is 5.01 Å². The van der Waals surface area contributed by atoms with Crippen molar-refractivity contribution >= 4 is 17.6 Å². The summed E-state index contributed by atoms with van der Waals surface area (Å²) in [5, 5.41) is 2.70. The molecule has 1 aromatic carbocycles. The van der Waals surface area contributed by atoms with Gasteiger partial charge in [-0.3, -0.25) is 14.4 Å². The van der Waals surface area contributed by atoms with E-state index in [2.05, 4.69) is 0 Å². The fourth-order valence-corrected chi connectivity index (χ4v) is 2.65. The van der Waals surface area contributed by atoms with Crippen LogP contribution in [0.1, 0.15) is 41.0 Å². The lowest BCUT2D eigenvalue weighted by Crippen LogP contribution is -2.37. The van der Waals surface area contributed by atoms with Gasteiger partial charge < -0.3 is 0 Å². The van der Waals surface area contributed by atoms with E-state index in [4.69, 9.17) is 0 Å². The van der Waals surface area contributed by atoms with Gasteiger partial charge in [-0.25, -0.2) is 5.01 Å². The number of imide groups is 1. The Bertz CT molecular complexity index is 561. The molecule has 2 aliphatic heterocycles. The molecule has 98 valence electrons. The van der Waals surface area contributed by atoms with E-state index in [0.29, 0.717) is 17.5 Å². The van der Waals surface area contributed by atoms with Crippen LogP contribution in [-0.2, 0) is 4.79 Å². The van der Waals surface area contributed by atoms with Crippen molar-refractivity contribution < 1.29 is 14.4 Å². The molecule has 3 atom stereocenters. The molecule has 0 radical (unpaired) electrons. The predicted molar refractivity (Wildman–Crippen MR) is 67.3 cm³/mol. The third kappa shape index (κ3) is 1.55. The quantitative estimate of drug-likeness (QED) is 0.605. The average molecular weight is 258 g/mol. The van der Waals surface area contributed by atoms with Crippen molar-refractivity contribution in [2.24, 2.45) is 0 Å². The number of nitrogens with zero attached hydrogens (tertiary/aromatic N) is 2. The Kier molecular flexibility index (Phi) is 2.53. The molecular weight excluding hydrogens is 244 g/mol. The zero-order valence-corrected chi connectivity index (χ0v) is 10.8. The summed E-state index contributed by atoms with van der Waals surface area (Å²) < 4.78 is 0. The number of benzene rings is 1. The van der Waals surface area contributed by atoms with Crippen LogP contribution in [0.5, 0.6) is 0 Å². The Labute approximate surface area is 110 Å². The number of carbonyl (C=O) groups is 3. The van der Waals surface area contributed by atoms with Crippen LogP contribution in [0.2, 0.25) is 0 Å². The van der Waals surface area contributed by atoms with Crippen LogP contribution < -0.4 is 0 Å². The number of hydrogen-bond acceptors (Lipinski definition) is 4. The minimum Gasteiger partial charge on any atom is -0.298 e. The van der Waals surface area contributed by atoms with Crippen molar-refractivity contribution in [3.05, 3.63) is 35.4 Å². The third-order valence-electron chi connectivity index (χ3n) is 3.75. The smallest absolute Gasteiger partial charge is 0.276 e. The zero-order valence-electron chi connectivity index (χ0n) is 10.8. The van der Waals surface area contributed by atoms with E-state index in [9.17, 15) is 14.4 Å². The lowest BCUT2D eigenvalue weighted by Gasteiger charge is -2.15. The van der Waals surface area contributed by atoms with Gasteiger partial charge in [0.1, 0.15) is 6.04 Å². The molecule has 2 amide bonds. The lowest BCUT2D eigenvalue weighted by atomic mass is 10.1. The summed E-state index contributed by atoms with van der Waals surface area (Å²) >= 11 is 0. The number of fused-ring (bicyclic) bond motifs is 1. The number of Topliss-reactive ketones (excluding diaryl/α,β-unsaturated/α-hetero) is 1. The van der Waals surface area contributed by atoms with Gasteiger partial charge in [0, 0.05) is 6.42 Å². The topological polar surface area (TPSA) is 57.5 Å². The molecule has 2 heterocycles. The standard InChI is InChI=1S/C14H14N2O3/c1-3-11(17)12-8(2)15(12)16-13(18)9-6-4-5-7-10(9)14(16)19/h4-8,12H,3H2,1-2H3/t8-,12+,15?/m1/s1. The maximum atomic E-state index is 12.2. The Hall–Kier alpha value is -2.01. The van der Waals surface area contributed by atoms with Gasteiger partial charge in [-0.15, -0.1) is 0 Å². The molecule has 3 rings (SSSR count). The Morgan fingerprint density at radius 2 is 1.68 bits per heavy atom. The second-order valence-electron chi connectivity index (χ2n) is 4.85. The summed E-state index contributed by atoms with van der Waals surface area (Å²) in [5.41, 5.74) is 0.823. The molecule has 1 fully saturated rings.